The molecule has 0 spiro atoms. The Morgan fingerprint density at radius 3 is 2.32 bits per heavy atom. The first-order valence-corrected chi connectivity index (χ1v) is 8.06. The Hall–Kier alpha value is -1.84. The van der Waals surface area contributed by atoms with E-state index in [-0.39, 0.29) is 11.8 Å². The van der Waals surface area contributed by atoms with Crippen molar-refractivity contribution in [3.63, 3.8) is 0 Å². The highest BCUT2D eigenvalue weighted by atomic mass is 16.2. The number of nitrogens with zero attached hydrogens (tertiary/aromatic N) is 2. The third-order valence-electron chi connectivity index (χ3n) is 4.39. The lowest BCUT2D eigenvalue weighted by atomic mass is 9.85. The zero-order valence-electron chi connectivity index (χ0n) is 14.3. The first-order valence-electron chi connectivity index (χ1n) is 8.06. The molecular weight excluding hydrogens is 276 g/mol. The maximum Gasteiger partial charge on any atom is 0.253 e. The van der Waals surface area contributed by atoms with Gasteiger partial charge in [0.05, 0.1) is 5.41 Å². The minimum atomic E-state index is -0.569. The van der Waals surface area contributed by atoms with Gasteiger partial charge in [0.1, 0.15) is 0 Å². The van der Waals surface area contributed by atoms with Gasteiger partial charge in [0.25, 0.3) is 5.91 Å². The van der Waals surface area contributed by atoms with E-state index in [0.29, 0.717) is 5.56 Å². The molecule has 1 aliphatic rings. The highest BCUT2D eigenvalue weighted by molar-refractivity contribution is 6.08. The molecule has 0 bridgehead atoms. The number of fused-ring (bicyclic) bond motifs is 1. The SMILES string of the molecule is CCCN(CCC)C(=O)c1ccc2c(c1)C(C)(C)C(=O)N2C. The number of benzene rings is 1. The molecular formula is C18H26N2O2. The van der Waals surface area contributed by atoms with Crippen molar-refractivity contribution >= 4 is 17.5 Å². The van der Waals surface area contributed by atoms with Crippen LogP contribution in [0.4, 0.5) is 5.69 Å². The third kappa shape index (κ3) is 2.62. The highest BCUT2D eigenvalue weighted by Crippen LogP contribution is 2.41. The zero-order chi connectivity index (χ0) is 16.5. The highest BCUT2D eigenvalue weighted by Gasteiger charge is 2.42. The van der Waals surface area contributed by atoms with Gasteiger partial charge >= 0.3 is 0 Å². The van der Waals surface area contributed by atoms with Crippen molar-refractivity contribution in [1.29, 1.82) is 0 Å². The van der Waals surface area contributed by atoms with Crippen molar-refractivity contribution in [2.75, 3.05) is 25.0 Å². The van der Waals surface area contributed by atoms with E-state index in [4.69, 9.17) is 0 Å². The summed E-state index contributed by atoms with van der Waals surface area (Å²) in [4.78, 5) is 28.6. The lowest BCUT2D eigenvalue weighted by molar-refractivity contribution is -0.121. The van der Waals surface area contributed by atoms with Gasteiger partial charge < -0.3 is 9.80 Å². The minimum absolute atomic E-state index is 0.0595. The standard InChI is InChI=1S/C18H26N2O2/c1-6-10-20(11-7-2)16(21)13-8-9-15-14(12-13)18(3,4)17(22)19(15)5/h8-9,12H,6-7,10-11H2,1-5H3. The van der Waals surface area contributed by atoms with Crippen LogP contribution in [-0.2, 0) is 10.2 Å². The summed E-state index contributed by atoms with van der Waals surface area (Å²) < 4.78 is 0. The molecule has 0 saturated heterocycles. The van der Waals surface area contributed by atoms with Crippen LogP contribution in [0.2, 0.25) is 0 Å². The third-order valence-corrected chi connectivity index (χ3v) is 4.39. The van der Waals surface area contributed by atoms with Gasteiger partial charge in [0, 0.05) is 31.4 Å². The van der Waals surface area contributed by atoms with Crippen molar-refractivity contribution in [1.82, 2.24) is 4.90 Å². The van der Waals surface area contributed by atoms with Crippen LogP contribution in [0.5, 0.6) is 0 Å². The Bertz CT molecular complexity index is 587. The van der Waals surface area contributed by atoms with Crippen LogP contribution in [0.25, 0.3) is 0 Å². The molecule has 2 rings (SSSR count). The Morgan fingerprint density at radius 1 is 1.18 bits per heavy atom. The van der Waals surface area contributed by atoms with Crippen molar-refractivity contribution in [2.45, 2.75) is 46.0 Å². The molecule has 2 amide bonds. The van der Waals surface area contributed by atoms with Crippen LogP contribution in [0.1, 0.15) is 56.5 Å². The second kappa shape index (κ2) is 6.11. The zero-order valence-corrected chi connectivity index (χ0v) is 14.3. The van der Waals surface area contributed by atoms with Gasteiger partial charge in [-0.25, -0.2) is 0 Å². The average molecular weight is 302 g/mol. The molecule has 0 radical (unpaired) electrons. The van der Waals surface area contributed by atoms with E-state index in [9.17, 15) is 9.59 Å². The van der Waals surface area contributed by atoms with Crippen LogP contribution in [-0.4, -0.2) is 36.9 Å². The summed E-state index contributed by atoms with van der Waals surface area (Å²) in [6, 6.07) is 5.63. The van der Waals surface area contributed by atoms with Gasteiger partial charge in [-0.2, -0.15) is 0 Å². The Kier molecular flexibility index (Phi) is 4.59. The molecule has 0 fully saturated rings. The lowest BCUT2D eigenvalue weighted by Crippen LogP contribution is -2.33. The average Bonchev–Trinajstić information content (AvgIpc) is 2.67. The predicted octanol–water partition coefficient (Wildman–Crippen LogP) is 3.20. The number of hydrogen-bond donors (Lipinski definition) is 0. The van der Waals surface area contributed by atoms with Gasteiger partial charge in [0.2, 0.25) is 5.91 Å². The molecule has 1 aliphatic heterocycles. The maximum atomic E-state index is 12.7. The summed E-state index contributed by atoms with van der Waals surface area (Å²) in [6.45, 7) is 9.53. The van der Waals surface area contributed by atoms with Gasteiger partial charge in [-0.3, -0.25) is 9.59 Å². The lowest BCUT2D eigenvalue weighted by Gasteiger charge is -2.22. The van der Waals surface area contributed by atoms with Gasteiger partial charge in [0.15, 0.2) is 0 Å². The molecule has 120 valence electrons. The summed E-state index contributed by atoms with van der Waals surface area (Å²) in [5.41, 5.74) is 1.96. The quantitative estimate of drug-likeness (QED) is 0.838. The van der Waals surface area contributed by atoms with Crippen LogP contribution >= 0.6 is 0 Å². The summed E-state index contributed by atoms with van der Waals surface area (Å²) in [6.07, 6.45) is 1.90. The molecule has 1 aromatic rings. The first-order chi connectivity index (χ1) is 10.3. The van der Waals surface area contributed by atoms with Gasteiger partial charge in [-0.15, -0.1) is 0 Å². The maximum absolute atomic E-state index is 12.7. The topological polar surface area (TPSA) is 40.6 Å². The van der Waals surface area contributed by atoms with Crippen LogP contribution in [0.3, 0.4) is 0 Å². The molecule has 0 aromatic heterocycles. The minimum Gasteiger partial charge on any atom is -0.339 e. The number of anilines is 1. The van der Waals surface area contributed by atoms with Gasteiger partial charge in [-0.05, 0) is 50.5 Å². The summed E-state index contributed by atoms with van der Waals surface area (Å²) >= 11 is 0. The molecule has 0 atom stereocenters. The second-order valence-electron chi connectivity index (χ2n) is 6.51. The van der Waals surface area contributed by atoms with Gasteiger partial charge in [-0.1, -0.05) is 13.8 Å². The smallest absolute Gasteiger partial charge is 0.253 e. The van der Waals surface area contributed by atoms with E-state index < -0.39 is 5.41 Å². The van der Waals surface area contributed by atoms with Crippen molar-refractivity contribution in [3.05, 3.63) is 29.3 Å². The number of amides is 2. The fourth-order valence-electron chi connectivity index (χ4n) is 3.14. The summed E-state index contributed by atoms with van der Waals surface area (Å²) in [7, 11) is 1.79. The fraction of sp³-hybridized carbons (Fsp3) is 0.556. The predicted molar refractivity (Wildman–Crippen MR) is 89.4 cm³/mol. The van der Waals surface area contributed by atoms with Crippen LogP contribution in [0.15, 0.2) is 18.2 Å². The summed E-state index contributed by atoms with van der Waals surface area (Å²) in [5, 5.41) is 0. The second-order valence-corrected chi connectivity index (χ2v) is 6.51. The molecule has 0 saturated carbocycles. The number of likely N-dealkylation sites (N-methyl/N-ethyl adjacent to an activating group) is 1. The van der Waals surface area contributed by atoms with E-state index in [1.54, 1.807) is 11.9 Å². The molecule has 0 aliphatic carbocycles. The Morgan fingerprint density at radius 2 is 1.77 bits per heavy atom. The molecule has 1 heterocycles. The van der Waals surface area contributed by atoms with Crippen molar-refractivity contribution in [3.8, 4) is 0 Å². The molecule has 0 N–H and O–H groups in total. The van der Waals surface area contributed by atoms with E-state index in [1.807, 2.05) is 36.9 Å². The molecule has 0 unspecified atom stereocenters. The fourth-order valence-corrected chi connectivity index (χ4v) is 3.14. The normalized spacial score (nSPS) is 15.9. The first kappa shape index (κ1) is 16.5. The number of rotatable bonds is 5. The van der Waals surface area contributed by atoms with E-state index >= 15 is 0 Å². The molecule has 1 aromatic carbocycles. The number of hydrogen-bond acceptors (Lipinski definition) is 2. The van der Waals surface area contributed by atoms with E-state index in [2.05, 4.69) is 13.8 Å². The van der Waals surface area contributed by atoms with E-state index in [0.717, 1.165) is 37.2 Å². The van der Waals surface area contributed by atoms with Crippen molar-refractivity contribution in [2.24, 2.45) is 0 Å². The monoisotopic (exact) mass is 302 g/mol. The van der Waals surface area contributed by atoms with Crippen LogP contribution < -0.4 is 4.90 Å². The molecule has 22 heavy (non-hydrogen) atoms. The molecule has 4 nitrogen and oxygen atoms in total. The Balaban J connectivity index is 2.38. The van der Waals surface area contributed by atoms with Crippen molar-refractivity contribution < 1.29 is 9.59 Å². The Labute approximate surface area is 133 Å². The summed E-state index contributed by atoms with van der Waals surface area (Å²) in [5.74, 6) is 0.135. The van der Waals surface area contributed by atoms with E-state index in [1.165, 1.54) is 0 Å². The van der Waals surface area contributed by atoms with Crippen LogP contribution in [0, 0.1) is 0 Å². The molecule has 4 heteroatoms. The largest absolute Gasteiger partial charge is 0.339 e. The number of carbonyl (C=O) groups excluding carboxylic acids is 2. The number of carbonyl (C=O) groups is 2.